The lowest BCUT2D eigenvalue weighted by atomic mass is 9.98. The van der Waals surface area contributed by atoms with E-state index in [4.69, 9.17) is 4.74 Å². The molecule has 1 rings (SSSR count). The lowest BCUT2D eigenvalue weighted by Crippen LogP contribution is -2.42. The maximum atomic E-state index is 5.67. The molecule has 3 nitrogen and oxygen atoms in total. The average molecular weight is 256 g/mol. The van der Waals surface area contributed by atoms with Crippen molar-refractivity contribution in [2.45, 2.75) is 46.6 Å². The third-order valence-electron chi connectivity index (χ3n) is 3.42. The zero-order chi connectivity index (χ0) is 13.4. The summed E-state index contributed by atoms with van der Waals surface area (Å²) in [5.74, 6) is 1.47. The molecule has 0 radical (unpaired) electrons. The van der Waals surface area contributed by atoms with Gasteiger partial charge in [0.2, 0.25) is 0 Å². The van der Waals surface area contributed by atoms with Gasteiger partial charge in [-0.05, 0) is 37.8 Å². The van der Waals surface area contributed by atoms with Gasteiger partial charge in [0, 0.05) is 25.7 Å². The Morgan fingerprint density at radius 2 is 2.06 bits per heavy atom. The molecule has 3 heteroatoms. The molecule has 1 aliphatic rings. The van der Waals surface area contributed by atoms with Crippen molar-refractivity contribution in [3.05, 3.63) is 0 Å². The molecule has 1 aliphatic heterocycles. The third-order valence-corrected chi connectivity index (χ3v) is 3.42. The molecule has 0 bridgehead atoms. The van der Waals surface area contributed by atoms with Gasteiger partial charge in [-0.1, -0.05) is 27.7 Å². The molecule has 108 valence electrons. The average Bonchev–Trinajstić information content (AvgIpc) is 2.32. The van der Waals surface area contributed by atoms with Crippen LogP contribution in [0.15, 0.2) is 0 Å². The number of nitrogens with zero attached hydrogens (tertiary/aromatic N) is 1. The maximum Gasteiger partial charge on any atom is 0.0593 e. The second-order valence-corrected chi connectivity index (χ2v) is 6.34. The standard InChI is InChI=1S/C15H32N2O/c1-13(2)12-18-9-8-17-7-5-6-15(11-17)10-16-14(3)4/h13-16H,5-12H2,1-4H3. The molecule has 0 aromatic heterocycles. The highest BCUT2D eigenvalue weighted by molar-refractivity contribution is 4.75. The predicted octanol–water partition coefficient (Wildman–Crippen LogP) is 2.37. The molecule has 0 spiro atoms. The molecule has 1 atom stereocenters. The largest absolute Gasteiger partial charge is 0.380 e. The van der Waals surface area contributed by atoms with Crippen LogP contribution < -0.4 is 5.32 Å². The first-order valence-electron chi connectivity index (χ1n) is 7.61. The lowest BCUT2D eigenvalue weighted by Gasteiger charge is -2.33. The highest BCUT2D eigenvalue weighted by Gasteiger charge is 2.19. The fourth-order valence-electron chi connectivity index (χ4n) is 2.44. The van der Waals surface area contributed by atoms with Crippen molar-refractivity contribution in [3.8, 4) is 0 Å². The van der Waals surface area contributed by atoms with Gasteiger partial charge in [0.25, 0.3) is 0 Å². The molecule has 1 fully saturated rings. The normalized spacial score (nSPS) is 22.0. The molecule has 0 amide bonds. The topological polar surface area (TPSA) is 24.5 Å². The van der Waals surface area contributed by atoms with E-state index >= 15 is 0 Å². The number of hydrogen-bond donors (Lipinski definition) is 1. The van der Waals surface area contributed by atoms with Crippen molar-refractivity contribution in [2.75, 3.05) is 39.4 Å². The van der Waals surface area contributed by atoms with Crippen LogP contribution in [0.3, 0.4) is 0 Å². The Balaban J connectivity index is 2.10. The van der Waals surface area contributed by atoms with Gasteiger partial charge in [-0.25, -0.2) is 0 Å². The van der Waals surface area contributed by atoms with E-state index in [-0.39, 0.29) is 0 Å². The van der Waals surface area contributed by atoms with Gasteiger partial charge in [0.1, 0.15) is 0 Å². The Bertz CT molecular complexity index is 207. The molecule has 0 aliphatic carbocycles. The summed E-state index contributed by atoms with van der Waals surface area (Å²) in [6.45, 7) is 15.4. The molecule has 1 unspecified atom stereocenters. The molecule has 0 aromatic rings. The van der Waals surface area contributed by atoms with Crippen LogP contribution in [-0.2, 0) is 4.74 Å². The summed E-state index contributed by atoms with van der Waals surface area (Å²) < 4.78 is 5.67. The first kappa shape index (κ1) is 15.9. The van der Waals surface area contributed by atoms with E-state index in [1.165, 1.54) is 32.5 Å². The van der Waals surface area contributed by atoms with Crippen LogP contribution in [0.1, 0.15) is 40.5 Å². The zero-order valence-corrected chi connectivity index (χ0v) is 12.7. The van der Waals surface area contributed by atoms with Crippen LogP contribution in [0.2, 0.25) is 0 Å². The van der Waals surface area contributed by atoms with E-state index in [9.17, 15) is 0 Å². The van der Waals surface area contributed by atoms with E-state index in [0.717, 1.165) is 25.7 Å². The van der Waals surface area contributed by atoms with Gasteiger partial charge in [0.05, 0.1) is 6.61 Å². The van der Waals surface area contributed by atoms with Crippen LogP contribution in [-0.4, -0.2) is 50.3 Å². The molecular formula is C15H32N2O. The van der Waals surface area contributed by atoms with E-state index in [1.807, 2.05) is 0 Å². The number of piperidine rings is 1. The number of ether oxygens (including phenoxy) is 1. The molecule has 0 saturated carbocycles. The number of hydrogen-bond acceptors (Lipinski definition) is 3. The van der Waals surface area contributed by atoms with Crippen LogP contribution >= 0.6 is 0 Å². The Kier molecular flexibility index (Phi) is 7.87. The van der Waals surface area contributed by atoms with Crippen molar-refractivity contribution >= 4 is 0 Å². The predicted molar refractivity (Wildman–Crippen MR) is 78.0 cm³/mol. The van der Waals surface area contributed by atoms with Crippen LogP contribution in [0.5, 0.6) is 0 Å². The summed E-state index contributed by atoms with van der Waals surface area (Å²) in [4.78, 5) is 2.57. The highest BCUT2D eigenvalue weighted by Crippen LogP contribution is 2.15. The maximum absolute atomic E-state index is 5.67. The van der Waals surface area contributed by atoms with Gasteiger partial charge in [-0.2, -0.15) is 0 Å². The van der Waals surface area contributed by atoms with Crippen molar-refractivity contribution in [3.63, 3.8) is 0 Å². The van der Waals surface area contributed by atoms with Crippen molar-refractivity contribution < 1.29 is 4.74 Å². The van der Waals surface area contributed by atoms with Gasteiger partial charge in [0.15, 0.2) is 0 Å². The summed E-state index contributed by atoms with van der Waals surface area (Å²) in [6, 6.07) is 0.606. The Labute approximate surface area is 113 Å². The second-order valence-electron chi connectivity index (χ2n) is 6.34. The lowest BCUT2D eigenvalue weighted by molar-refractivity contribution is 0.0708. The summed E-state index contributed by atoms with van der Waals surface area (Å²) in [5, 5.41) is 3.56. The summed E-state index contributed by atoms with van der Waals surface area (Å²) in [5.41, 5.74) is 0. The quantitative estimate of drug-likeness (QED) is 0.675. The number of nitrogens with one attached hydrogen (secondary N) is 1. The molecule has 0 aromatic carbocycles. The Morgan fingerprint density at radius 1 is 1.28 bits per heavy atom. The Hall–Kier alpha value is -0.120. The van der Waals surface area contributed by atoms with Crippen molar-refractivity contribution in [1.29, 1.82) is 0 Å². The second kappa shape index (κ2) is 8.89. The number of likely N-dealkylation sites (tertiary alicyclic amines) is 1. The fourth-order valence-corrected chi connectivity index (χ4v) is 2.44. The van der Waals surface area contributed by atoms with E-state index < -0.39 is 0 Å². The van der Waals surface area contributed by atoms with E-state index in [0.29, 0.717) is 12.0 Å². The van der Waals surface area contributed by atoms with Crippen LogP contribution in [0.25, 0.3) is 0 Å². The fraction of sp³-hybridized carbons (Fsp3) is 1.00. The first-order chi connectivity index (χ1) is 8.58. The van der Waals surface area contributed by atoms with Gasteiger partial charge < -0.3 is 15.0 Å². The van der Waals surface area contributed by atoms with Gasteiger partial charge in [-0.3, -0.25) is 0 Å². The van der Waals surface area contributed by atoms with Gasteiger partial charge in [-0.15, -0.1) is 0 Å². The smallest absolute Gasteiger partial charge is 0.0593 e. The summed E-state index contributed by atoms with van der Waals surface area (Å²) in [7, 11) is 0. The molecule has 1 saturated heterocycles. The molecule has 18 heavy (non-hydrogen) atoms. The minimum Gasteiger partial charge on any atom is -0.380 e. The minimum absolute atomic E-state index is 0.606. The van der Waals surface area contributed by atoms with Crippen LogP contribution in [0.4, 0.5) is 0 Å². The minimum atomic E-state index is 0.606. The van der Waals surface area contributed by atoms with Crippen molar-refractivity contribution in [2.24, 2.45) is 11.8 Å². The molecular weight excluding hydrogens is 224 g/mol. The summed E-state index contributed by atoms with van der Waals surface area (Å²) in [6.07, 6.45) is 2.72. The SMILES string of the molecule is CC(C)COCCN1CCCC(CNC(C)C)C1. The molecule has 1 heterocycles. The van der Waals surface area contributed by atoms with Gasteiger partial charge >= 0.3 is 0 Å². The zero-order valence-electron chi connectivity index (χ0n) is 12.7. The number of rotatable bonds is 8. The Morgan fingerprint density at radius 3 is 2.72 bits per heavy atom. The first-order valence-corrected chi connectivity index (χ1v) is 7.61. The highest BCUT2D eigenvalue weighted by atomic mass is 16.5. The summed E-state index contributed by atoms with van der Waals surface area (Å²) >= 11 is 0. The third kappa shape index (κ3) is 7.34. The van der Waals surface area contributed by atoms with E-state index in [1.54, 1.807) is 0 Å². The van der Waals surface area contributed by atoms with E-state index in [2.05, 4.69) is 37.9 Å². The molecule has 1 N–H and O–H groups in total. The monoisotopic (exact) mass is 256 g/mol. The van der Waals surface area contributed by atoms with Crippen LogP contribution in [0, 0.1) is 11.8 Å². The van der Waals surface area contributed by atoms with Crippen molar-refractivity contribution in [1.82, 2.24) is 10.2 Å².